The standard InChI is InChI=1S/C19H19N3O/c1-3-20-14-6-4-5-13-15(14)19(23)16-17(21-22-18(13)16)12-9-7-11(2)8-10-12/h4-10,18,20-22H,3H2,1-2H3. The van der Waals surface area contributed by atoms with Gasteiger partial charge in [-0.25, -0.2) is 5.43 Å². The fourth-order valence-corrected chi connectivity index (χ4v) is 3.39. The maximum Gasteiger partial charge on any atom is 0.195 e. The van der Waals surface area contributed by atoms with E-state index in [0.717, 1.165) is 40.2 Å². The second kappa shape index (κ2) is 5.25. The van der Waals surface area contributed by atoms with Gasteiger partial charge in [0.05, 0.1) is 17.3 Å². The highest BCUT2D eigenvalue weighted by molar-refractivity contribution is 6.21. The normalized spacial score (nSPS) is 18.7. The third-order valence-electron chi connectivity index (χ3n) is 4.49. The van der Waals surface area contributed by atoms with Crippen LogP contribution < -0.4 is 16.2 Å². The van der Waals surface area contributed by atoms with Crippen LogP contribution in [-0.2, 0) is 0 Å². The Morgan fingerprint density at radius 3 is 2.65 bits per heavy atom. The Bertz CT molecular complexity index is 821. The summed E-state index contributed by atoms with van der Waals surface area (Å²) in [7, 11) is 0. The summed E-state index contributed by atoms with van der Waals surface area (Å²) >= 11 is 0. The van der Waals surface area contributed by atoms with E-state index in [1.165, 1.54) is 5.56 Å². The second-order valence-corrected chi connectivity index (χ2v) is 5.99. The smallest absolute Gasteiger partial charge is 0.195 e. The molecule has 2 aromatic rings. The van der Waals surface area contributed by atoms with Crippen LogP contribution in [0.4, 0.5) is 5.69 Å². The van der Waals surface area contributed by atoms with Crippen molar-refractivity contribution in [1.29, 1.82) is 0 Å². The maximum absolute atomic E-state index is 13.0. The van der Waals surface area contributed by atoms with Crippen LogP contribution >= 0.6 is 0 Å². The van der Waals surface area contributed by atoms with Gasteiger partial charge in [0, 0.05) is 17.8 Å². The fraction of sp³-hybridized carbons (Fsp3) is 0.211. The van der Waals surface area contributed by atoms with E-state index >= 15 is 0 Å². The van der Waals surface area contributed by atoms with Crippen LogP contribution in [0.3, 0.4) is 0 Å². The Balaban J connectivity index is 1.85. The largest absolute Gasteiger partial charge is 0.385 e. The molecule has 2 aromatic carbocycles. The van der Waals surface area contributed by atoms with Crippen molar-refractivity contribution in [3.63, 3.8) is 0 Å². The molecular weight excluding hydrogens is 286 g/mol. The highest BCUT2D eigenvalue weighted by Crippen LogP contribution is 2.44. The summed E-state index contributed by atoms with van der Waals surface area (Å²) in [4.78, 5) is 13.0. The second-order valence-electron chi connectivity index (χ2n) is 5.99. The van der Waals surface area contributed by atoms with Gasteiger partial charge >= 0.3 is 0 Å². The van der Waals surface area contributed by atoms with Gasteiger partial charge in [-0.1, -0.05) is 42.0 Å². The first-order valence-electron chi connectivity index (χ1n) is 7.95. The van der Waals surface area contributed by atoms with Gasteiger partial charge in [0.2, 0.25) is 0 Å². The minimum Gasteiger partial charge on any atom is -0.385 e. The quantitative estimate of drug-likeness (QED) is 0.815. The number of hydrogen-bond donors (Lipinski definition) is 3. The van der Waals surface area contributed by atoms with Crippen molar-refractivity contribution in [3.8, 4) is 0 Å². The van der Waals surface area contributed by atoms with Crippen LogP contribution in [0.2, 0.25) is 0 Å². The van der Waals surface area contributed by atoms with Crippen LogP contribution in [0, 0.1) is 6.92 Å². The highest BCUT2D eigenvalue weighted by Gasteiger charge is 2.42. The first kappa shape index (κ1) is 14.0. The summed E-state index contributed by atoms with van der Waals surface area (Å²) in [5, 5.41) is 3.30. The van der Waals surface area contributed by atoms with Gasteiger partial charge < -0.3 is 10.7 Å². The summed E-state index contributed by atoms with van der Waals surface area (Å²) in [5.41, 5.74) is 13.2. The first-order chi connectivity index (χ1) is 11.2. The van der Waals surface area contributed by atoms with Gasteiger partial charge in [0.25, 0.3) is 0 Å². The van der Waals surface area contributed by atoms with E-state index in [0.29, 0.717) is 0 Å². The molecular formula is C19H19N3O. The Morgan fingerprint density at radius 1 is 1.13 bits per heavy atom. The van der Waals surface area contributed by atoms with Crippen molar-refractivity contribution in [2.24, 2.45) is 0 Å². The van der Waals surface area contributed by atoms with Crippen LogP contribution in [0.25, 0.3) is 5.70 Å². The highest BCUT2D eigenvalue weighted by atomic mass is 16.1. The predicted octanol–water partition coefficient (Wildman–Crippen LogP) is 3.18. The maximum atomic E-state index is 13.0. The first-order valence-corrected chi connectivity index (χ1v) is 7.95. The number of carbonyl (C=O) groups is 1. The zero-order chi connectivity index (χ0) is 16.0. The van der Waals surface area contributed by atoms with Crippen molar-refractivity contribution in [2.75, 3.05) is 11.9 Å². The molecule has 23 heavy (non-hydrogen) atoms. The van der Waals surface area contributed by atoms with Gasteiger partial charge in [-0.3, -0.25) is 4.79 Å². The number of benzene rings is 2. The number of hydrazine groups is 1. The molecule has 1 aliphatic heterocycles. The molecule has 1 aliphatic carbocycles. The summed E-state index contributed by atoms with van der Waals surface area (Å²) in [6, 6.07) is 14.2. The van der Waals surface area contributed by atoms with Gasteiger partial charge in [0.15, 0.2) is 5.78 Å². The van der Waals surface area contributed by atoms with E-state index in [4.69, 9.17) is 0 Å². The molecule has 0 spiro atoms. The summed E-state index contributed by atoms with van der Waals surface area (Å²) in [6.07, 6.45) is 0. The number of aryl methyl sites for hydroxylation is 1. The lowest BCUT2D eigenvalue weighted by Gasteiger charge is -2.12. The predicted molar refractivity (Wildman–Crippen MR) is 92.0 cm³/mol. The molecule has 116 valence electrons. The molecule has 0 saturated heterocycles. The Kier molecular flexibility index (Phi) is 3.20. The number of fused-ring (bicyclic) bond motifs is 3. The monoisotopic (exact) mass is 305 g/mol. The number of nitrogens with one attached hydrogen (secondary N) is 3. The lowest BCUT2D eigenvalue weighted by Crippen LogP contribution is -2.26. The Labute approximate surface area is 135 Å². The van der Waals surface area contributed by atoms with Crippen LogP contribution in [0.5, 0.6) is 0 Å². The summed E-state index contributed by atoms with van der Waals surface area (Å²) in [6.45, 7) is 4.89. The van der Waals surface area contributed by atoms with Gasteiger partial charge in [-0.05, 0) is 31.0 Å². The molecule has 4 heteroatoms. The summed E-state index contributed by atoms with van der Waals surface area (Å²) < 4.78 is 0. The third kappa shape index (κ3) is 2.06. The molecule has 2 aliphatic rings. The van der Waals surface area contributed by atoms with Gasteiger partial charge in [-0.15, -0.1) is 0 Å². The number of rotatable bonds is 3. The fourth-order valence-electron chi connectivity index (χ4n) is 3.39. The topological polar surface area (TPSA) is 53.2 Å². The average Bonchev–Trinajstić information content (AvgIpc) is 3.10. The Morgan fingerprint density at radius 2 is 1.91 bits per heavy atom. The molecule has 4 rings (SSSR count). The number of anilines is 1. The molecule has 1 atom stereocenters. The van der Waals surface area contributed by atoms with E-state index in [2.05, 4.69) is 47.4 Å². The molecule has 0 amide bonds. The molecule has 0 radical (unpaired) electrons. The minimum absolute atomic E-state index is 0.0765. The van der Waals surface area contributed by atoms with Crippen LogP contribution in [-0.4, -0.2) is 12.3 Å². The van der Waals surface area contributed by atoms with Gasteiger partial charge in [0.1, 0.15) is 0 Å². The van der Waals surface area contributed by atoms with E-state index in [1.807, 2.05) is 25.1 Å². The van der Waals surface area contributed by atoms with Crippen molar-refractivity contribution in [1.82, 2.24) is 10.9 Å². The van der Waals surface area contributed by atoms with E-state index in [-0.39, 0.29) is 11.8 Å². The van der Waals surface area contributed by atoms with Crippen molar-refractivity contribution >= 4 is 17.2 Å². The van der Waals surface area contributed by atoms with E-state index in [9.17, 15) is 4.79 Å². The molecule has 4 nitrogen and oxygen atoms in total. The molecule has 1 unspecified atom stereocenters. The number of carbonyl (C=O) groups excluding carboxylic acids is 1. The van der Waals surface area contributed by atoms with Crippen molar-refractivity contribution in [3.05, 3.63) is 70.3 Å². The SMILES string of the molecule is CCNc1cccc2c1C(=O)C1=C(c3ccc(C)cc3)NNC12. The van der Waals surface area contributed by atoms with Crippen LogP contribution in [0.15, 0.2) is 48.0 Å². The zero-order valence-electron chi connectivity index (χ0n) is 13.2. The Hall–Kier alpha value is -2.59. The van der Waals surface area contributed by atoms with E-state index in [1.54, 1.807) is 0 Å². The van der Waals surface area contributed by atoms with Gasteiger partial charge in [-0.2, -0.15) is 0 Å². The zero-order valence-corrected chi connectivity index (χ0v) is 13.2. The average molecular weight is 305 g/mol. The lowest BCUT2D eigenvalue weighted by atomic mass is 10.0. The molecule has 0 bridgehead atoms. The number of ketones is 1. The number of Topliss-reactive ketones (excluding diaryl/α,β-unsaturated/α-hetero) is 1. The number of hydrogen-bond acceptors (Lipinski definition) is 4. The lowest BCUT2D eigenvalue weighted by molar-refractivity contribution is 0.103. The van der Waals surface area contributed by atoms with Crippen molar-refractivity contribution < 1.29 is 4.79 Å². The molecule has 3 N–H and O–H groups in total. The van der Waals surface area contributed by atoms with Crippen LogP contribution in [0.1, 0.15) is 40.0 Å². The van der Waals surface area contributed by atoms with Crippen molar-refractivity contribution in [2.45, 2.75) is 19.9 Å². The molecule has 0 saturated carbocycles. The molecule has 0 fully saturated rings. The summed E-state index contributed by atoms with van der Waals surface area (Å²) in [5.74, 6) is 0.106. The minimum atomic E-state index is -0.0765. The molecule has 0 aromatic heterocycles. The molecule has 1 heterocycles. The third-order valence-corrected chi connectivity index (χ3v) is 4.49. The van der Waals surface area contributed by atoms with E-state index < -0.39 is 0 Å².